The van der Waals surface area contributed by atoms with Gasteiger partial charge < -0.3 is 4.74 Å². The van der Waals surface area contributed by atoms with Crippen LogP contribution in [0, 0.1) is 18.3 Å². The van der Waals surface area contributed by atoms with Crippen LogP contribution in [0.5, 0.6) is 0 Å². The molecule has 0 aliphatic heterocycles. The molecule has 0 saturated carbocycles. The van der Waals surface area contributed by atoms with E-state index in [-0.39, 0.29) is 6.61 Å². The Hall–Kier alpha value is -3.00. The number of benzene rings is 3. The molecule has 3 aromatic carbocycles. The Morgan fingerprint density at radius 1 is 1.10 bits per heavy atom. The SMILES string of the molecule is Cc1cc(C(C#N)c2ccc(Cl)cc2)c(Cl)cc1NC(=O)OCc1ccccc1. The summed E-state index contributed by atoms with van der Waals surface area (Å²) in [4.78, 5) is 12.1. The lowest BCUT2D eigenvalue weighted by molar-refractivity contribution is 0.155. The van der Waals surface area contributed by atoms with Gasteiger partial charge in [0.1, 0.15) is 6.61 Å². The molecular formula is C23H18Cl2N2O2. The standard InChI is InChI=1S/C23H18Cl2N2O2/c1-15-11-19(20(13-26)17-7-9-18(24)10-8-17)21(25)12-22(15)27-23(28)29-14-16-5-3-2-4-6-16/h2-12,20H,14H2,1H3,(H,27,28). The van der Waals surface area contributed by atoms with Crippen LogP contribution in [-0.2, 0) is 11.3 Å². The average Bonchev–Trinajstić information content (AvgIpc) is 2.72. The van der Waals surface area contributed by atoms with E-state index in [4.69, 9.17) is 27.9 Å². The molecule has 0 heterocycles. The minimum atomic E-state index is -0.574. The van der Waals surface area contributed by atoms with Gasteiger partial charge in [-0.2, -0.15) is 5.26 Å². The molecule has 6 heteroatoms. The summed E-state index contributed by atoms with van der Waals surface area (Å²) in [5, 5.41) is 13.4. The third-order valence-electron chi connectivity index (χ3n) is 4.44. The van der Waals surface area contributed by atoms with Gasteiger partial charge in [0.2, 0.25) is 0 Å². The molecule has 4 nitrogen and oxygen atoms in total. The third kappa shape index (κ3) is 5.29. The van der Waals surface area contributed by atoms with Gasteiger partial charge in [-0.25, -0.2) is 4.79 Å². The van der Waals surface area contributed by atoms with Crippen molar-refractivity contribution in [1.29, 1.82) is 5.26 Å². The first kappa shape index (κ1) is 20.7. The van der Waals surface area contributed by atoms with E-state index in [1.165, 1.54) is 0 Å². The van der Waals surface area contributed by atoms with Gasteiger partial charge in [0.25, 0.3) is 0 Å². The van der Waals surface area contributed by atoms with Crippen LogP contribution >= 0.6 is 23.2 Å². The van der Waals surface area contributed by atoms with Gasteiger partial charge in [0, 0.05) is 15.7 Å². The minimum Gasteiger partial charge on any atom is -0.444 e. The van der Waals surface area contributed by atoms with Crippen LogP contribution in [0.15, 0.2) is 66.7 Å². The Kier molecular flexibility index (Phi) is 6.77. The first-order valence-electron chi connectivity index (χ1n) is 8.90. The zero-order valence-corrected chi connectivity index (χ0v) is 17.2. The number of carbonyl (C=O) groups excluding carboxylic acids is 1. The predicted molar refractivity (Wildman–Crippen MR) is 115 cm³/mol. The molecule has 0 aliphatic rings. The molecule has 0 spiro atoms. The molecule has 1 unspecified atom stereocenters. The summed E-state index contributed by atoms with van der Waals surface area (Å²) in [6.45, 7) is 2.01. The first-order chi connectivity index (χ1) is 14.0. The maximum absolute atomic E-state index is 12.1. The Bertz CT molecular complexity index is 1040. The summed E-state index contributed by atoms with van der Waals surface area (Å²) >= 11 is 12.4. The van der Waals surface area contributed by atoms with Gasteiger partial charge in [0.15, 0.2) is 0 Å². The fourth-order valence-corrected chi connectivity index (χ4v) is 3.31. The van der Waals surface area contributed by atoms with E-state index in [2.05, 4.69) is 11.4 Å². The average molecular weight is 425 g/mol. The lowest BCUT2D eigenvalue weighted by Gasteiger charge is -2.16. The maximum Gasteiger partial charge on any atom is 0.411 e. The number of hydrogen-bond acceptors (Lipinski definition) is 3. The molecule has 1 amide bonds. The summed E-state index contributed by atoms with van der Waals surface area (Å²) in [6, 6.07) is 22.2. The van der Waals surface area contributed by atoms with Crippen LogP contribution < -0.4 is 5.32 Å². The van der Waals surface area contributed by atoms with E-state index < -0.39 is 12.0 Å². The molecule has 146 valence electrons. The molecule has 29 heavy (non-hydrogen) atoms. The second kappa shape index (κ2) is 9.47. The number of amides is 1. The van der Waals surface area contributed by atoms with Gasteiger partial charge in [-0.05, 0) is 47.4 Å². The van der Waals surface area contributed by atoms with Crippen molar-refractivity contribution in [2.75, 3.05) is 5.32 Å². The summed E-state index contributed by atoms with van der Waals surface area (Å²) in [5.41, 5.74) is 3.66. The van der Waals surface area contributed by atoms with E-state index in [1.807, 2.05) is 37.3 Å². The highest BCUT2D eigenvalue weighted by atomic mass is 35.5. The number of nitrogens with one attached hydrogen (secondary N) is 1. The molecule has 3 aromatic rings. The van der Waals surface area contributed by atoms with Crippen molar-refractivity contribution in [2.45, 2.75) is 19.4 Å². The monoisotopic (exact) mass is 424 g/mol. The largest absolute Gasteiger partial charge is 0.444 e. The van der Waals surface area contributed by atoms with Gasteiger partial charge in [-0.3, -0.25) is 5.32 Å². The second-order valence-corrected chi connectivity index (χ2v) is 7.33. The Morgan fingerprint density at radius 2 is 1.79 bits per heavy atom. The number of nitrogens with zero attached hydrogens (tertiary/aromatic N) is 1. The zero-order valence-electron chi connectivity index (χ0n) is 15.7. The number of nitriles is 1. The van der Waals surface area contributed by atoms with Crippen molar-refractivity contribution in [3.05, 3.63) is 99.0 Å². The molecule has 0 aromatic heterocycles. The fraction of sp³-hybridized carbons (Fsp3) is 0.130. The minimum absolute atomic E-state index is 0.171. The third-order valence-corrected chi connectivity index (χ3v) is 5.02. The summed E-state index contributed by atoms with van der Waals surface area (Å²) in [6.07, 6.45) is -0.574. The molecule has 0 fully saturated rings. The van der Waals surface area contributed by atoms with E-state index >= 15 is 0 Å². The molecule has 0 aliphatic carbocycles. The summed E-state index contributed by atoms with van der Waals surface area (Å²) < 4.78 is 5.25. The molecule has 0 bridgehead atoms. The van der Waals surface area contributed by atoms with Crippen LogP contribution in [0.1, 0.15) is 28.2 Å². The highest BCUT2D eigenvalue weighted by molar-refractivity contribution is 6.32. The number of halogens is 2. The fourth-order valence-electron chi connectivity index (χ4n) is 2.91. The van der Waals surface area contributed by atoms with E-state index in [0.29, 0.717) is 21.3 Å². The molecular weight excluding hydrogens is 407 g/mol. The van der Waals surface area contributed by atoms with E-state index in [0.717, 1.165) is 16.7 Å². The van der Waals surface area contributed by atoms with Gasteiger partial charge >= 0.3 is 6.09 Å². The number of aryl methyl sites for hydroxylation is 1. The highest BCUT2D eigenvalue weighted by Crippen LogP contribution is 2.34. The summed E-state index contributed by atoms with van der Waals surface area (Å²) in [5.74, 6) is -0.544. The smallest absolute Gasteiger partial charge is 0.411 e. The quantitative estimate of drug-likeness (QED) is 0.494. The van der Waals surface area contributed by atoms with Crippen molar-refractivity contribution in [2.24, 2.45) is 0 Å². The molecule has 1 atom stereocenters. The van der Waals surface area contributed by atoms with Crippen LogP contribution in [0.3, 0.4) is 0 Å². The number of hydrogen-bond donors (Lipinski definition) is 1. The summed E-state index contributed by atoms with van der Waals surface area (Å²) in [7, 11) is 0. The number of carbonyl (C=O) groups is 1. The van der Waals surface area contributed by atoms with Crippen LogP contribution in [0.2, 0.25) is 10.0 Å². The second-order valence-electron chi connectivity index (χ2n) is 6.49. The maximum atomic E-state index is 12.1. The predicted octanol–water partition coefficient (Wildman–Crippen LogP) is 6.71. The lowest BCUT2D eigenvalue weighted by Crippen LogP contribution is -2.14. The van der Waals surface area contributed by atoms with E-state index in [1.54, 1.807) is 36.4 Å². The lowest BCUT2D eigenvalue weighted by atomic mass is 9.91. The van der Waals surface area contributed by atoms with Crippen molar-refractivity contribution in [3.8, 4) is 6.07 Å². The highest BCUT2D eigenvalue weighted by Gasteiger charge is 2.19. The van der Waals surface area contributed by atoms with Crippen molar-refractivity contribution in [3.63, 3.8) is 0 Å². The Balaban J connectivity index is 1.75. The van der Waals surface area contributed by atoms with Crippen LogP contribution in [-0.4, -0.2) is 6.09 Å². The topological polar surface area (TPSA) is 62.1 Å². The Morgan fingerprint density at radius 3 is 2.45 bits per heavy atom. The number of rotatable bonds is 5. The Labute approximate surface area is 179 Å². The van der Waals surface area contributed by atoms with Gasteiger partial charge in [0.05, 0.1) is 12.0 Å². The normalized spacial score (nSPS) is 11.4. The molecule has 0 radical (unpaired) electrons. The van der Waals surface area contributed by atoms with Crippen LogP contribution in [0.4, 0.5) is 10.5 Å². The number of ether oxygens (including phenoxy) is 1. The van der Waals surface area contributed by atoms with Crippen molar-refractivity contribution in [1.82, 2.24) is 0 Å². The van der Waals surface area contributed by atoms with Crippen molar-refractivity contribution >= 4 is 35.0 Å². The van der Waals surface area contributed by atoms with Gasteiger partial charge in [-0.1, -0.05) is 71.7 Å². The first-order valence-corrected chi connectivity index (χ1v) is 9.66. The zero-order chi connectivity index (χ0) is 20.8. The van der Waals surface area contributed by atoms with Gasteiger partial charge in [-0.15, -0.1) is 0 Å². The molecule has 3 rings (SSSR count). The van der Waals surface area contributed by atoms with E-state index in [9.17, 15) is 10.1 Å². The molecule has 1 N–H and O–H groups in total. The van der Waals surface area contributed by atoms with Crippen LogP contribution in [0.25, 0.3) is 0 Å². The number of anilines is 1. The molecule has 0 saturated heterocycles. The van der Waals surface area contributed by atoms with Crippen molar-refractivity contribution < 1.29 is 9.53 Å².